The molecule has 4 rings (SSSR count). The molecule has 0 atom stereocenters. The number of aliphatic carboxylic acids is 1. The first-order valence-corrected chi connectivity index (χ1v) is 12.3. The van der Waals surface area contributed by atoms with Crippen LogP contribution in [0.4, 0.5) is 23.2 Å². The molecular formula is C29H29F4N5O3. The van der Waals surface area contributed by atoms with E-state index in [-0.39, 0.29) is 17.6 Å². The maximum Gasteiger partial charge on any atom is 0.430 e. The number of carboxylic acid groups (broad SMARTS) is 1. The number of carbonyl (C=O) groups is 2. The number of amidine groups is 1. The Morgan fingerprint density at radius 1 is 0.976 bits per heavy atom. The van der Waals surface area contributed by atoms with Crippen molar-refractivity contribution in [2.75, 3.05) is 21.1 Å². The molecule has 0 fully saturated rings. The first-order valence-electron chi connectivity index (χ1n) is 12.3. The number of halogens is 4. The number of nitrogens with one attached hydrogen (secondary N) is 2. The Balaban J connectivity index is 0.000000587. The number of rotatable bonds is 7. The SMILES string of the molecule is C[N+](C)(C)c1ccc(CNC(=O)c2cc3cc(F)ccc3n2Cc2cccc(C(=N)N)c2)cc1.O=C([O-])C(F)(F)F. The fraction of sp³-hybridized carbons (Fsp3) is 0.207. The van der Waals surface area contributed by atoms with Crippen molar-refractivity contribution in [3.05, 3.63) is 101 Å². The van der Waals surface area contributed by atoms with Crippen LogP contribution in [0.2, 0.25) is 0 Å². The van der Waals surface area contributed by atoms with Crippen LogP contribution in [0.5, 0.6) is 0 Å². The van der Waals surface area contributed by atoms with Crippen molar-refractivity contribution in [1.82, 2.24) is 14.4 Å². The number of carboxylic acids is 1. The van der Waals surface area contributed by atoms with Crippen molar-refractivity contribution in [1.29, 1.82) is 5.41 Å². The molecule has 41 heavy (non-hydrogen) atoms. The molecule has 12 heteroatoms. The topological polar surface area (TPSA) is 124 Å². The Kier molecular flexibility index (Phi) is 9.18. The largest absolute Gasteiger partial charge is 0.542 e. The molecule has 0 radical (unpaired) electrons. The highest BCUT2D eigenvalue weighted by Crippen LogP contribution is 2.23. The third-order valence-electron chi connectivity index (χ3n) is 6.07. The van der Waals surface area contributed by atoms with E-state index in [1.807, 2.05) is 34.9 Å². The lowest BCUT2D eigenvalue weighted by Gasteiger charge is -2.23. The van der Waals surface area contributed by atoms with Gasteiger partial charge in [0.1, 0.15) is 29.0 Å². The van der Waals surface area contributed by atoms with Crippen molar-refractivity contribution in [2.45, 2.75) is 19.3 Å². The molecule has 0 saturated carbocycles. The van der Waals surface area contributed by atoms with Crippen molar-refractivity contribution >= 4 is 34.3 Å². The maximum atomic E-state index is 13.9. The van der Waals surface area contributed by atoms with Gasteiger partial charge in [-0.25, -0.2) is 4.39 Å². The fourth-order valence-electron chi connectivity index (χ4n) is 3.95. The third-order valence-corrected chi connectivity index (χ3v) is 6.07. The quantitative estimate of drug-likeness (QED) is 0.136. The zero-order valence-electron chi connectivity index (χ0n) is 22.6. The van der Waals surface area contributed by atoms with E-state index in [9.17, 15) is 22.4 Å². The molecule has 0 spiro atoms. The zero-order valence-corrected chi connectivity index (χ0v) is 22.6. The van der Waals surface area contributed by atoms with Crippen LogP contribution in [0.15, 0.2) is 72.8 Å². The second kappa shape index (κ2) is 12.2. The van der Waals surface area contributed by atoms with E-state index in [1.165, 1.54) is 17.8 Å². The Hall–Kier alpha value is -4.71. The van der Waals surface area contributed by atoms with Gasteiger partial charge in [-0.05, 0) is 53.6 Å². The predicted molar refractivity (Wildman–Crippen MR) is 147 cm³/mol. The zero-order chi connectivity index (χ0) is 30.5. The molecule has 1 aromatic heterocycles. The van der Waals surface area contributed by atoms with Gasteiger partial charge in [0.05, 0.1) is 21.1 Å². The monoisotopic (exact) mass is 571 g/mol. The van der Waals surface area contributed by atoms with Gasteiger partial charge >= 0.3 is 6.18 Å². The summed E-state index contributed by atoms with van der Waals surface area (Å²) in [5, 5.41) is 20.1. The van der Waals surface area contributed by atoms with Gasteiger partial charge in [0.15, 0.2) is 0 Å². The fourth-order valence-corrected chi connectivity index (χ4v) is 3.95. The van der Waals surface area contributed by atoms with Crippen molar-refractivity contribution in [2.24, 2.45) is 5.73 Å². The van der Waals surface area contributed by atoms with Crippen LogP contribution in [-0.4, -0.2) is 49.6 Å². The molecule has 4 N–H and O–H groups in total. The lowest BCUT2D eigenvalue weighted by Crippen LogP contribution is -2.37. The Morgan fingerprint density at radius 3 is 2.17 bits per heavy atom. The molecule has 0 aliphatic carbocycles. The summed E-state index contributed by atoms with van der Waals surface area (Å²) < 4.78 is 48.0. The predicted octanol–water partition coefficient (Wildman–Crippen LogP) is 3.54. The third kappa shape index (κ3) is 8.15. The Labute approximate surface area is 233 Å². The minimum absolute atomic E-state index is 0.0180. The van der Waals surface area contributed by atoms with E-state index >= 15 is 0 Å². The average Bonchev–Trinajstić information content (AvgIpc) is 3.24. The number of nitrogens with two attached hydrogens (primary N) is 1. The summed E-state index contributed by atoms with van der Waals surface area (Å²) in [4.78, 5) is 22.0. The van der Waals surface area contributed by atoms with Crippen LogP contribution in [0.3, 0.4) is 0 Å². The highest BCUT2D eigenvalue weighted by molar-refractivity contribution is 5.99. The number of amides is 1. The number of carbonyl (C=O) groups excluding carboxylic acids is 2. The summed E-state index contributed by atoms with van der Waals surface area (Å²) in [5.74, 6) is -3.62. The van der Waals surface area contributed by atoms with E-state index in [4.69, 9.17) is 21.0 Å². The molecule has 0 bridgehead atoms. The minimum atomic E-state index is -5.19. The number of hydrogen-bond donors (Lipinski definition) is 3. The molecule has 0 aliphatic heterocycles. The molecule has 0 unspecified atom stereocenters. The van der Waals surface area contributed by atoms with Gasteiger partial charge < -0.3 is 25.5 Å². The number of hydrogen-bond acceptors (Lipinski definition) is 4. The van der Waals surface area contributed by atoms with Crippen LogP contribution in [0.1, 0.15) is 27.2 Å². The molecule has 1 amide bonds. The van der Waals surface area contributed by atoms with Crippen LogP contribution >= 0.6 is 0 Å². The summed E-state index contributed by atoms with van der Waals surface area (Å²) in [5.41, 5.74) is 10.5. The minimum Gasteiger partial charge on any atom is -0.542 e. The summed E-state index contributed by atoms with van der Waals surface area (Å²) in [7, 11) is 6.31. The standard InChI is InChI=1S/C27H28FN5O.C2HF3O2/c1-33(2,3)23-10-7-18(8-11-23)16-31-27(34)25-15-21-14-22(28)9-12-24(21)32(25)17-19-5-4-6-20(13-19)26(29)30;3-2(4,5)1(6)7/h4-15H,16-17H2,1-3H3,(H3-,29,30,31,34);(H,6,7). The number of nitrogens with zero attached hydrogens (tertiary/aromatic N) is 2. The van der Waals surface area contributed by atoms with E-state index in [0.29, 0.717) is 34.2 Å². The van der Waals surface area contributed by atoms with Crippen molar-refractivity contribution in [3.63, 3.8) is 0 Å². The van der Waals surface area contributed by atoms with Crippen LogP contribution in [0.25, 0.3) is 10.9 Å². The van der Waals surface area contributed by atoms with Gasteiger partial charge in [0, 0.05) is 29.6 Å². The lowest BCUT2D eigenvalue weighted by atomic mass is 10.1. The molecule has 216 valence electrons. The second-order valence-electron chi connectivity index (χ2n) is 10.1. The molecule has 1 heterocycles. The molecule has 0 aliphatic rings. The van der Waals surface area contributed by atoms with E-state index < -0.39 is 12.1 Å². The summed E-state index contributed by atoms with van der Waals surface area (Å²) in [6, 6.07) is 21.7. The van der Waals surface area contributed by atoms with Gasteiger partial charge in [-0.1, -0.05) is 30.3 Å². The highest BCUT2D eigenvalue weighted by Gasteiger charge is 2.28. The molecule has 3 aromatic carbocycles. The van der Waals surface area contributed by atoms with Gasteiger partial charge in [0.25, 0.3) is 5.91 Å². The number of benzene rings is 3. The number of alkyl halides is 3. The summed E-state index contributed by atoms with van der Waals surface area (Å²) >= 11 is 0. The summed E-state index contributed by atoms with van der Waals surface area (Å²) in [6.45, 7) is 0.767. The normalized spacial score (nSPS) is 11.5. The number of quaternary nitrogens is 1. The number of fused-ring (bicyclic) bond motifs is 1. The molecule has 8 nitrogen and oxygen atoms in total. The maximum absolute atomic E-state index is 13.9. The van der Waals surface area contributed by atoms with Crippen molar-refractivity contribution < 1.29 is 32.3 Å². The van der Waals surface area contributed by atoms with Crippen LogP contribution in [0, 0.1) is 11.2 Å². The summed E-state index contributed by atoms with van der Waals surface area (Å²) in [6.07, 6.45) is -5.19. The van der Waals surface area contributed by atoms with E-state index in [2.05, 4.69) is 38.6 Å². The Bertz CT molecular complexity index is 1570. The van der Waals surface area contributed by atoms with Gasteiger partial charge in [-0.3, -0.25) is 14.7 Å². The smallest absolute Gasteiger partial charge is 0.430 e. The first kappa shape index (κ1) is 30.8. The van der Waals surface area contributed by atoms with Crippen LogP contribution in [-0.2, 0) is 17.9 Å². The van der Waals surface area contributed by atoms with Crippen LogP contribution < -0.4 is 20.6 Å². The molecule has 4 aromatic rings. The van der Waals surface area contributed by atoms with Crippen molar-refractivity contribution in [3.8, 4) is 0 Å². The molecule has 0 saturated heterocycles. The Morgan fingerprint density at radius 2 is 1.61 bits per heavy atom. The highest BCUT2D eigenvalue weighted by atomic mass is 19.4. The second-order valence-corrected chi connectivity index (χ2v) is 10.1. The number of nitrogen functional groups attached to an aromatic ring is 1. The van der Waals surface area contributed by atoms with E-state index in [0.717, 1.165) is 16.6 Å². The van der Waals surface area contributed by atoms with Gasteiger partial charge in [-0.2, -0.15) is 13.2 Å². The molecular weight excluding hydrogens is 542 g/mol. The van der Waals surface area contributed by atoms with Gasteiger partial charge in [-0.15, -0.1) is 0 Å². The van der Waals surface area contributed by atoms with Gasteiger partial charge in [0.2, 0.25) is 0 Å². The lowest BCUT2D eigenvalue weighted by molar-refractivity contribution is -0.344. The van der Waals surface area contributed by atoms with E-state index in [1.54, 1.807) is 18.2 Å². The number of aromatic nitrogens is 1. The average molecular weight is 572 g/mol. The first-order chi connectivity index (χ1) is 19.1.